The zero-order valence-corrected chi connectivity index (χ0v) is 18.5. The van der Waals surface area contributed by atoms with Gasteiger partial charge in [0.2, 0.25) is 5.52 Å². The van der Waals surface area contributed by atoms with Crippen LogP contribution in [0.3, 0.4) is 0 Å². The summed E-state index contributed by atoms with van der Waals surface area (Å²) in [4.78, 5) is 13.5. The van der Waals surface area contributed by atoms with Crippen molar-refractivity contribution in [1.29, 1.82) is 0 Å². The van der Waals surface area contributed by atoms with Gasteiger partial charge in [-0.1, -0.05) is 47.6 Å². The van der Waals surface area contributed by atoms with Gasteiger partial charge in [-0.25, -0.2) is 0 Å². The Balaban J connectivity index is 3.38. The maximum absolute atomic E-state index is 14.0. The van der Waals surface area contributed by atoms with Gasteiger partial charge in [-0.05, 0) is 36.3 Å². The molecule has 3 unspecified atom stereocenters. The quantitative estimate of drug-likeness (QED) is 0.486. The van der Waals surface area contributed by atoms with Crippen molar-refractivity contribution in [3.63, 3.8) is 0 Å². The van der Waals surface area contributed by atoms with Crippen molar-refractivity contribution in [3.8, 4) is 11.5 Å². The highest BCUT2D eigenvalue weighted by molar-refractivity contribution is 7.81. The summed E-state index contributed by atoms with van der Waals surface area (Å²) in [5.74, 6) is 1.03. The Labute approximate surface area is 159 Å². The fourth-order valence-electron chi connectivity index (χ4n) is 3.58. The summed E-state index contributed by atoms with van der Waals surface area (Å²) in [5.41, 5.74) is -0.0525. The van der Waals surface area contributed by atoms with E-state index in [4.69, 9.17) is 9.47 Å². The Morgan fingerprint density at radius 2 is 1.62 bits per heavy atom. The minimum absolute atomic E-state index is 0.130. The van der Waals surface area contributed by atoms with Gasteiger partial charge in [0, 0.05) is 11.8 Å². The number of methoxy groups -OCH3 is 2. The first-order valence-electron chi connectivity index (χ1n) is 9.34. The van der Waals surface area contributed by atoms with E-state index in [-0.39, 0.29) is 22.5 Å². The zero-order chi connectivity index (χ0) is 20.1. The van der Waals surface area contributed by atoms with Crippen molar-refractivity contribution in [1.82, 2.24) is 0 Å². The van der Waals surface area contributed by atoms with Crippen molar-refractivity contribution in [2.75, 3.05) is 20.4 Å². The smallest absolute Gasteiger partial charge is 0.229 e. The Morgan fingerprint density at radius 1 is 1.12 bits per heavy atom. The highest BCUT2D eigenvalue weighted by Gasteiger charge is 2.41. The Bertz CT molecular complexity index is 638. The molecule has 0 bridgehead atoms. The third kappa shape index (κ3) is 5.36. The third-order valence-electron chi connectivity index (χ3n) is 4.83. The van der Waals surface area contributed by atoms with E-state index >= 15 is 0 Å². The molecule has 26 heavy (non-hydrogen) atoms. The topological polar surface area (TPSA) is 52.6 Å². The van der Waals surface area contributed by atoms with Gasteiger partial charge in [0.05, 0.1) is 14.2 Å². The van der Waals surface area contributed by atoms with E-state index in [1.807, 2.05) is 13.8 Å². The van der Waals surface area contributed by atoms with Gasteiger partial charge >= 0.3 is 0 Å². The molecule has 1 aromatic carbocycles. The molecular weight excluding hydrogens is 347 g/mol. The van der Waals surface area contributed by atoms with Crippen LogP contribution in [0.1, 0.15) is 64.7 Å². The number of benzene rings is 1. The van der Waals surface area contributed by atoms with E-state index in [9.17, 15) is 9.36 Å². The summed E-state index contributed by atoms with van der Waals surface area (Å²) < 4.78 is 24.8. The molecule has 0 aliphatic heterocycles. The lowest BCUT2D eigenvalue weighted by molar-refractivity contribution is 0.106. The lowest BCUT2D eigenvalue weighted by atomic mass is 9.86. The number of carbonyl (C=O) groups is 1. The van der Waals surface area contributed by atoms with Crippen LogP contribution in [-0.4, -0.2) is 31.6 Å². The van der Waals surface area contributed by atoms with Crippen molar-refractivity contribution in [2.24, 2.45) is 11.3 Å². The molecule has 4 nitrogen and oxygen atoms in total. The summed E-state index contributed by atoms with van der Waals surface area (Å²) in [6.45, 7) is 12.5. The summed E-state index contributed by atoms with van der Waals surface area (Å²) in [7, 11) is -0.113. The second-order valence-electron chi connectivity index (χ2n) is 8.45. The van der Waals surface area contributed by atoms with Gasteiger partial charge in [-0.2, -0.15) is 0 Å². The minimum Gasteiger partial charge on any atom is -0.496 e. The van der Waals surface area contributed by atoms with Crippen LogP contribution >= 0.6 is 7.14 Å². The molecule has 0 spiro atoms. The van der Waals surface area contributed by atoms with E-state index in [0.29, 0.717) is 29.6 Å². The molecule has 1 aromatic rings. The Morgan fingerprint density at radius 3 is 2.00 bits per heavy atom. The van der Waals surface area contributed by atoms with Crippen molar-refractivity contribution in [3.05, 3.63) is 23.8 Å². The summed E-state index contributed by atoms with van der Waals surface area (Å²) >= 11 is 0. The van der Waals surface area contributed by atoms with Gasteiger partial charge in [-0.15, -0.1) is 0 Å². The molecule has 0 aliphatic rings. The monoisotopic (exact) mass is 382 g/mol. The zero-order valence-electron chi connectivity index (χ0n) is 17.6. The highest BCUT2D eigenvalue weighted by atomic mass is 31.2. The van der Waals surface area contributed by atoms with Gasteiger partial charge in [0.25, 0.3) is 0 Å². The van der Waals surface area contributed by atoms with Gasteiger partial charge in [0.1, 0.15) is 17.1 Å². The number of ether oxygens (including phenoxy) is 2. The molecule has 0 saturated heterocycles. The molecule has 0 aliphatic carbocycles. The normalized spacial score (nSPS) is 16.5. The molecule has 148 valence electrons. The number of rotatable bonds is 9. The second kappa shape index (κ2) is 9.08. The first-order chi connectivity index (χ1) is 12.0. The maximum Gasteiger partial charge on any atom is 0.229 e. The summed E-state index contributed by atoms with van der Waals surface area (Å²) in [6, 6.07) is 5.20. The predicted octanol–water partition coefficient (Wildman–Crippen LogP) is 6.08. The van der Waals surface area contributed by atoms with Gasteiger partial charge in [-0.3, -0.25) is 4.79 Å². The minimum atomic E-state index is -3.14. The fraction of sp³-hybridized carbons (Fsp3) is 0.667. The van der Waals surface area contributed by atoms with E-state index in [1.54, 1.807) is 18.2 Å². The lowest BCUT2D eigenvalue weighted by Crippen LogP contribution is -2.21. The van der Waals surface area contributed by atoms with Crippen LogP contribution in [0, 0.1) is 11.3 Å². The van der Waals surface area contributed by atoms with Crippen LogP contribution in [-0.2, 0) is 4.57 Å². The number of hydrogen-bond donors (Lipinski definition) is 0. The Hall–Kier alpha value is -1.28. The van der Waals surface area contributed by atoms with Crippen LogP contribution in [0.2, 0.25) is 0 Å². The van der Waals surface area contributed by atoms with Crippen molar-refractivity contribution >= 4 is 12.7 Å². The fourth-order valence-corrected chi connectivity index (χ4v) is 6.75. The Kier molecular flexibility index (Phi) is 7.95. The van der Waals surface area contributed by atoms with E-state index in [2.05, 4.69) is 27.7 Å². The lowest BCUT2D eigenvalue weighted by Gasteiger charge is -2.29. The van der Waals surface area contributed by atoms with Gasteiger partial charge < -0.3 is 14.0 Å². The van der Waals surface area contributed by atoms with Crippen LogP contribution in [0.4, 0.5) is 0 Å². The molecule has 5 heteroatoms. The third-order valence-corrected chi connectivity index (χ3v) is 8.70. The molecular formula is C21H35O4P. The molecule has 0 N–H and O–H groups in total. The van der Waals surface area contributed by atoms with E-state index in [1.165, 1.54) is 14.2 Å². The largest absolute Gasteiger partial charge is 0.496 e. The van der Waals surface area contributed by atoms with Crippen LogP contribution in [0.15, 0.2) is 18.2 Å². The highest BCUT2D eigenvalue weighted by Crippen LogP contribution is 2.58. The standard InChI is InChI=1S/C21H35O4P/c1-9-16(3)26(23,14-15(2)13-21(4,5)6)20(22)19-17(24-7)11-10-12-18(19)25-8/h10-12,15-16H,9,13-14H2,1-8H3. The molecule has 0 heterocycles. The molecule has 1 rings (SSSR count). The van der Waals surface area contributed by atoms with Crippen LogP contribution in [0.5, 0.6) is 11.5 Å². The molecule has 0 radical (unpaired) electrons. The number of hydrogen-bond acceptors (Lipinski definition) is 4. The van der Waals surface area contributed by atoms with Crippen molar-refractivity contribution < 1.29 is 18.8 Å². The first kappa shape index (κ1) is 22.8. The second-order valence-corrected chi connectivity index (χ2v) is 11.7. The molecule has 0 saturated carbocycles. The van der Waals surface area contributed by atoms with Crippen LogP contribution in [0.25, 0.3) is 0 Å². The SMILES string of the molecule is CCC(C)P(=O)(CC(C)CC(C)(C)C)C(=O)c1c(OC)cccc1OC. The first-order valence-corrected chi connectivity index (χ1v) is 11.3. The average Bonchev–Trinajstić information content (AvgIpc) is 2.57. The summed E-state index contributed by atoms with van der Waals surface area (Å²) in [6.07, 6.45) is 2.03. The number of carbonyl (C=O) groups excluding carboxylic acids is 1. The molecule has 0 aromatic heterocycles. The van der Waals surface area contributed by atoms with E-state index < -0.39 is 7.14 Å². The van der Waals surface area contributed by atoms with Gasteiger partial charge in [0.15, 0.2) is 7.14 Å². The average molecular weight is 382 g/mol. The van der Waals surface area contributed by atoms with Crippen LogP contribution < -0.4 is 9.47 Å². The maximum atomic E-state index is 14.0. The molecule has 0 amide bonds. The summed E-state index contributed by atoms with van der Waals surface area (Å²) in [5, 5.41) is 0. The predicted molar refractivity (Wildman–Crippen MR) is 109 cm³/mol. The van der Waals surface area contributed by atoms with Crippen molar-refractivity contribution in [2.45, 2.75) is 60.0 Å². The molecule has 3 atom stereocenters. The van der Waals surface area contributed by atoms with E-state index in [0.717, 1.165) is 6.42 Å². The molecule has 0 fully saturated rings.